The zero-order valence-corrected chi connectivity index (χ0v) is 12.5. The van der Waals surface area contributed by atoms with Gasteiger partial charge in [0.1, 0.15) is 5.69 Å². The number of carbonyl (C=O) groups is 1. The van der Waals surface area contributed by atoms with Crippen LogP contribution in [0.25, 0.3) is 16.9 Å². The number of benzene rings is 1. The Balaban J connectivity index is 2.15. The second kappa shape index (κ2) is 6.37. The molecule has 23 heavy (non-hydrogen) atoms. The Morgan fingerprint density at radius 3 is 2.74 bits per heavy atom. The number of nitrogens with zero attached hydrogens (tertiary/aromatic N) is 4. The quantitative estimate of drug-likeness (QED) is 0.735. The molecule has 2 heterocycles. The molecule has 0 amide bonds. The summed E-state index contributed by atoms with van der Waals surface area (Å²) in [6.07, 6.45) is 3.38. The van der Waals surface area contributed by atoms with Crippen molar-refractivity contribution < 1.29 is 9.53 Å². The van der Waals surface area contributed by atoms with E-state index in [4.69, 9.17) is 10.5 Å². The largest absolute Gasteiger partial charge is 0.465 e. The lowest BCUT2D eigenvalue weighted by Crippen LogP contribution is -2.05. The monoisotopic (exact) mass is 309 g/mol. The molecule has 0 spiro atoms. The average Bonchev–Trinajstić information content (AvgIpc) is 3.06. The van der Waals surface area contributed by atoms with E-state index in [0.717, 1.165) is 11.3 Å². The summed E-state index contributed by atoms with van der Waals surface area (Å²) in [6.45, 7) is 0.258. The molecule has 3 aromatic rings. The molecule has 7 heteroatoms. The summed E-state index contributed by atoms with van der Waals surface area (Å²) in [5, 5.41) is 8.31. The molecule has 2 aromatic heterocycles. The lowest BCUT2D eigenvalue weighted by atomic mass is 10.1. The van der Waals surface area contributed by atoms with E-state index in [9.17, 15) is 4.79 Å². The first kappa shape index (κ1) is 14.9. The molecule has 116 valence electrons. The van der Waals surface area contributed by atoms with Gasteiger partial charge in [-0.2, -0.15) is 0 Å². The number of carbonyl (C=O) groups excluding carboxylic acids is 1. The number of rotatable bonds is 4. The summed E-state index contributed by atoms with van der Waals surface area (Å²) < 4.78 is 6.41. The first-order chi connectivity index (χ1) is 11.2. The summed E-state index contributed by atoms with van der Waals surface area (Å²) in [6, 6.07) is 10.7. The number of methoxy groups -OCH3 is 1. The molecule has 3 rings (SSSR count). The summed E-state index contributed by atoms with van der Waals surface area (Å²) in [7, 11) is 1.35. The number of hydrogen-bond acceptors (Lipinski definition) is 6. The molecule has 0 aliphatic carbocycles. The molecular weight excluding hydrogens is 294 g/mol. The van der Waals surface area contributed by atoms with Gasteiger partial charge in [-0.1, -0.05) is 11.3 Å². The van der Waals surface area contributed by atoms with Gasteiger partial charge in [0, 0.05) is 24.5 Å². The van der Waals surface area contributed by atoms with Crippen LogP contribution in [0.15, 0.2) is 48.8 Å². The van der Waals surface area contributed by atoms with Gasteiger partial charge in [0.25, 0.3) is 0 Å². The first-order valence-electron chi connectivity index (χ1n) is 6.98. The van der Waals surface area contributed by atoms with Crippen molar-refractivity contribution in [1.29, 1.82) is 0 Å². The molecule has 0 fully saturated rings. The van der Waals surface area contributed by atoms with Crippen molar-refractivity contribution in [3.63, 3.8) is 0 Å². The molecule has 0 atom stereocenters. The van der Waals surface area contributed by atoms with Crippen LogP contribution in [0.1, 0.15) is 16.1 Å². The van der Waals surface area contributed by atoms with Crippen molar-refractivity contribution in [1.82, 2.24) is 20.0 Å². The van der Waals surface area contributed by atoms with Gasteiger partial charge in [-0.05, 0) is 30.3 Å². The zero-order valence-electron chi connectivity index (χ0n) is 12.5. The molecule has 0 saturated heterocycles. The van der Waals surface area contributed by atoms with Crippen molar-refractivity contribution in [3.8, 4) is 16.9 Å². The fourth-order valence-electron chi connectivity index (χ4n) is 2.31. The maximum absolute atomic E-state index is 11.7. The van der Waals surface area contributed by atoms with Gasteiger partial charge >= 0.3 is 5.97 Å². The summed E-state index contributed by atoms with van der Waals surface area (Å²) >= 11 is 0. The van der Waals surface area contributed by atoms with Gasteiger partial charge in [0.2, 0.25) is 0 Å². The number of esters is 1. The predicted octanol–water partition coefficient (Wildman–Crippen LogP) is 1.57. The van der Waals surface area contributed by atoms with Crippen LogP contribution < -0.4 is 5.73 Å². The third-order valence-electron chi connectivity index (χ3n) is 3.40. The Kier molecular flexibility index (Phi) is 4.11. The van der Waals surface area contributed by atoms with E-state index in [1.54, 1.807) is 35.3 Å². The van der Waals surface area contributed by atoms with Crippen LogP contribution in [-0.2, 0) is 11.3 Å². The van der Waals surface area contributed by atoms with Crippen molar-refractivity contribution in [2.24, 2.45) is 5.73 Å². The van der Waals surface area contributed by atoms with Gasteiger partial charge in [-0.25, -0.2) is 9.48 Å². The van der Waals surface area contributed by atoms with Crippen LogP contribution in [0.5, 0.6) is 0 Å². The van der Waals surface area contributed by atoms with E-state index in [-0.39, 0.29) is 6.54 Å². The minimum Gasteiger partial charge on any atom is -0.465 e. The van der Waals surface area contributed by atoms with Crippen molar-refractivity contribution in [2.75, 3.05) is 7.11 Å². The second-order valence-electron chi connectivity index (χ2n) is 4.78. The summed E-state index contributed by atoms with van der Waals surface area (Å²) in [5.74, 6) is -0.406. The van der Waals surface area contributed by atoms with E-state index in [1.807, 2.05) is 18.2 Å². The standard InChI is InChI=1S/C16H15N5O2/c1-23-16(22)12-3-2-4-13(9-12)21-15(14(10-17)19-20-21)11-5-7-18-8-6-11/h2-9H,10,17H2,1H3. The molecule has 1 aromatic carbocycles. The summed E-state index contributed by atoms with van der Waals surface area (Å²) in [4.78, 5) is 15.7. The fraction of sp³-hybridized carbons (Fsp3) is 0.125. The van der Waals surface area contributed by atoms with E-state index < -0.39 is 5.97 Å². The molecular formula is C16H15N5O2. The number of aromatic nitrogens is 4. The number of hydrogen-bond donors (Lipinski definition) is 1. The van der Waals surface area contributed by atoms with E-state index in [2.05, 4.69) is 15.3 Å². The van der Waals surface area contributed by atoms with Gasteiger partial charge in [0.05, 0.1) is 24.1 Å². The Bertz CT molecular complexity index is 829. The lowest BCUT2D eigenvalue weighted by Gasteiger charge is -2.09. The minimum atomic E-state index is -0.406. The Labute approximate surface area is 132 Å². The Morgan fingerprint density at radius 1 is 1.26 bits per heavy atom. The van der Waals surface area contributed by atoms with Crippen LogP contribution in [0.2, 0.25) is 0 Å². The van der Waals surface area contributed by atoms with Gasteiger partial charge in [-0.15, -0.1) is 5.10 Å². The maximum atomic E-state index is 11.7. The molecule has 0 bridgehead atoms. The highest BCUT2D eigenvalue weighted by atomic mass is 16.5. The Hall–Kier alpha value is -3.06. The van der Waals surface area contributed by atoms with Gasteiger partial charge in [-0.3, -0.25) is 4.98 Å². The normalized spacial score (nSPS) is 10.5. The number of ether oxygens (including phenoxy) is 1. The minimum absolute atomic E-state index is 0.258. The highest BCUT2D eigenvalue weighted by molar-refractivity contribution is 5.90. The van der Waals surface area contributed by atoms with E-state index >= 15 is 0 Å². The van der Waals surface area contributed by atoms with Gasteiger partial charge < -0.3 is 10.5 Å². The van der Waals surface area contributed by atoms with E-state index in [1.165, 1.54) is 7.11 Å². The fourth-order valence-corrected chi connectivity index (χ4v) is 2.31. The highest BCUT2D eigenvalue weighted by Gasteiger charge is 2.16. The smallest absolute Gasteiger partial charge is 0.337 e. The molecule has 0 radical (unpaired) electrons. The first-order valence-corrected chi connectivity index (χ1v) is 6.98. The molecule has 7 nitrogen and oxygen atoms in total. The zero-order chi connectivity index (χ0) is 16.2. The molecule has 0 aliphatic heterocycles. The lowest BCUT2D eigenvalue weighted by molar-refractivity contribution is 0.0600. The molecule has 2 N–H and O–H groups in total. The van der Waals surface area contributed by atoms with Crippen LogP contribution in [-0.4, -0.2) is 33.1 Å². The SMILES string of the molecule is COC(=O)c1cccc(-n2nnc(CN)c2-c2ccncc2)c1. The average molecular weight is 309 g/mol. The van der Waals surface area contributed by atoms with Crippen LogP contribution in [0, 0.1) is 0 Å². The van der Waals surface area contributed by atoms with Crippen molar-refractivity contribution in [2.45, 2.75) is 6.54 Å². The van der Waals surface area contributed by atoms with Crippen LogP contribution in [0.3, 0.4) is 0 Å². The number of nitrogens with two attached hydrogens (primary N) is 1. The highest BCUT2D eigenvalue weighted by Crippen LogP contribution is 2.25. The topological polar surface area (TPSA) is 95.9 Å². The number of pyridine rings is 1. The molecule has 0 unspecified atom stereocenters. The third kappa shape index (κ3) is 2.82. The predicted molar refractivity (Wildman–Crippen MR) is 83.8 cm³/mol. The van der Waals surface area contributed by atoms with Crippen molar-refractivity contribution >= 4 is 5.97 Å². The van der Waals surface area contributed by atoms with Crippen LogP contribution in [0.4, 0.5) is 0 Å². The molecule has 0 saturated carbocycles. The summed E-state index contributed by atoms with van der Waals surface area (Å²) in [5.41, 5.74) is 9.25. The molecule has 0 aliphatic rings. The Morgan fingerprint density at radius 2 is 2.04 bits per heavy atom. The second-order valence-corrected chi connectivity index (χ2v) is 4.78. The van der Waals surface area contributed by atoms with Gasteiger partial charge in [0.15, 0.2) is 0 Å². The van der Waals surface area contributed by atoms with E-state index in [0.29, 0.717) is 16.9 Å². The maximum Gasteiger partial charge on any atom is 0.337 e. The van der Waals surface area contributed by atoms with Crippen LogP contribution >= 0.6 is 0 Å². The van der Waals surface area contributed by atoms with Crippen molar-refractivity contribution in [3.05, 3.63) is 60.0 Å². The third-order valence-corrected chi connectivity index (χ3v) is 3.40.